The SMILES string of the molecule is CN1CCC(S(=O)(=O)c2ccc3nc(NC(=O)NC(=O)c4cc(-n5cccn5)c(F)cc4Cl)sc3c2)CC1. The first-order valence-electron chi connectivity index (χ1n) is 11.6. The fourth-order valence-electron chi connectivity index (χ4n) is 4.22. The van der Waals surface area contributed by atoms with E-state index in [1.807, 2.05) is 7.05 Å². The van der Waals surface area contributed by atoms with Crippen molar-refractivity contribution in [3.63, 3.8) is 0 Å². The molecule has 0 saturated carbocycles. The number of nitrogens with one attached hydrogen (secondary N) is 2. The lowest BCUT2D eigenvalue weighted by atomic mass is 10.1. The number of benzene rings is 2. The zero-order chi connectivity index (χ0) is 27.0. The van der Waals surface area contributed by atoms with Gasteiger partial charge in [0.25, 0.3) is 5.91 Å². The Balaban J connectivity index is 1.30. The Morgan fingerprint density at radius 3 is 2.66 bits per heavy atom. The molecule has 14 heteroatoms. The number of thiazole rings is 1. The van der Waals surface area contributed by atoms with Gasteiger partial charge in [-0.25, -0.2) is 27.3 Å². The summed E-state index contributed by atoms with van der Waals surface area (Å²) in [6.07, 6.45) is 4.09. The highest BCUT2D eigenvalue weighted by atomic mass is 35.5. The van der Waals surface area contributed by atoms with E-state index in [9.17, 15) is 22.4 Å². The summed E-state index contributed by atoms with van der Waals surface area (Å²) in [5.41, 5.74) is 0.369. The number of urea groups is 1. The van der Waals surface area contributed by atoms with Gasteiger partial charge in [-0.3, -0.25) is 15.4 Å². The largest absolute Gasteiger partial charge is 0.327 e. The van der Waals surface area contributed by atoms with Crippen molar-refractivity contribution < 1.29 is 22.4 Å². The topological polar surface area (TPSA) is 126 Å². The number of sulfone groups is 1. The van der Waals surface area contributed by atoms with E-state index < -0.39 is 32.8 Å². The zero-order valence-electron chi connectivity index (χ0n) is 20.0. The molecule has 198 valence electrons. The summed E-state index contributed by atoms with van der Waals surface area (Å²) in [6.45, 7) is 1.45. The van der Waals surface area contributed by atoms with Crippen LogP contribution in [0.25, 0.3) is 15.9 Å². The van der Waals surface area contributed by atoms with Crippen molar-refractivity contribution >= 4 is 60.1 Å². The lowest BCUT2D eigenvalue weighted by Crippen LogP contribution is -2.37. The summed E-state index contributed by atoms with van der Waals surface area (Å²) in [5, 5.41) is 8.12. The van der Waals surface area contributed by atoms with Crippen molar-refractivity contribution in [3.8, 4) is 5.69 Å². The number of piperidine rings is 1. The van der Waals surface area contributed by atoms with E-state index in [4.69, 9.17) is 11.6 Å². The van der Waals surface area contributed by atoms with Gasteiger partial charge in [0.2, 0.25) is 0 Å². The Morgan fingerprint density at radius 1 is 1.18 bits per heavy atom. The Labute approximate surface area is 226 Å². The van der Waals surface area contributed by atoms with E-state index in [2.05, 4.69) is 25.6 Å². The number of imide groups is 1. The molecule has 3 heterocycles. The molecule has 1 fully saturated rings. The van der Waals surface area contributed by atoms with Crippen molar-refractivity contribution in [1.29, 1.82) is 0 Å². The molecule has 2 aromatic carbocycles. The van der Waals surface area contributed by atoms with Crippen LogP contribution in [0.3, 0.4) is 0 Å². The van der Waals surface area contributed by atoms with Gasteiger partial charge in [-0.2, -0.15) is 5.10 Å². The minimum absolute atomic E-state index is 0.0119. The van der Waals surface area contributed by atoms with Gasteiger partial charge in [-0.1, -0.05) is 22.9 Å². The van der Waals surface area contributed by atoms with Crippen LogP contribution >= 0.6 is 22.9 Å². The Morgan fingerprint density at radius 2 is 1.95 bits per heavy atom. The van der Waals surface area contributed by atoms with E-state index in [0.717, 1.165) is 30.5 Å². The van der Waals surface area contributed by atoms with Crippen molar-refractivity contribution in [2.75, 3.05) is 25.5 Å². The molecule has 0 radical (unpaired) electrons. The number of carbonyl (C=O) groups is 2. The number of fused-ring (bicyclic) bond motifs is 1. The molecule has 2 aromatic heterocycles. The normalized spacial score (nSPS) is 15.0. The van der Waals surface area contributed by atoms with E-state index >= 15 is 0 Å². The van der Waals surface area contributed by atoms with Crippen LogP contribution in [0.4, 0.5) is 14.3 Å². The molecule has 1 saturated heterocycles. The highest BCUT2D eigenvalue weighted by Crippen LogP contribution is 2.31. The van der Waals surface area contributed by atoms with Gasteiger partial charge in [-0.15, -0.1) is 0 Å². The maximum Gasteiger partial charge on any atom is 0.327 e. The number of halogens is 2. The Bertz CT molecular complexity index is 1630. The average molecular weight is 577 g/mol. The van der Waals surface area contributed by atoms with E-state index in [1.165, 1.54) is 29.2 Å². The number of amides is 3. The summed E-state index contributed by atoms with van der Waals surface area (Å²) in [4.78, 5) is 31.8. The summed E-state index contributed by atoms with van der Waals surface area (Å²) < 4.78 is 42.4. The first-order chi connectivity index (χ1) is 18.1. The van der Waals surface area contributed by atoms with Gasteiger partial charge in [-0.05, 0) is 69.4 Å². The fourth-order valence-corrected chi connectivity index (χ4v) is 7.19. The third-order valence-corrected chi connectivity index (χ3v) is 9.78. The Hall–Kier alpha value is -3.39. The molecular weight excluding hydrogens is 555 g/mol. The molecule has 3 amide bonds. The number of carbonyl (C=O) groups excluding carboxylic acids is 2. The molecule has 38 heavy (non-hydrogen) atoms. The molecule has 4 aromatic rings. The van der Waals surface area contributed by atoms with Gasteiger partial charge in [0.15, 0.2) is 15.0 Å². The van der Waals surface area contributed by atoms with Crippen LogP contribution in [0.15, 0.2) is 53.7 Å². The second-order valence-electron chi connectivity index (χ2n) is 8.84. The molecule has 10 nitrogen and oxygen atoms in total. The van der Waals surface area contributed by atoms with Crippen molar-refractivity contribution in [3.05, 3.63) is 65.2 Å². The van der Waals surface area contributed by atoms with Crippen LogP contribution in [0, 0.1) is 5.82 Å². The lowest BCUT2D eigenvalue weighted by molar-refractivity contribution is 0.0967. The standard InChI is InChI=1S/C24H22ClFN6O4S2/c1-31-9-5-14(6-10-31)38(35,36)15-3-4-19-21(11-15)37-24(28-19)30-23(34)29-22(33)16-12-20(18(26)13-17(16)25)32-8-2-7-27-32/h2-4,7-8,11-14H,5-6,9-10H2,1H3,(H2,28,29,30,33,34). The quantitative estimate of drug-likeness (QED) is 0.366. The van der Waals surface area contributed by atoms with Gasteiger partial charge in [0.05, 0.1) is 30.9 Å². The highest BCUT2D eigenvalue weighted by molar-refractivity contribution is 7.92. The van der Waals surface area contributed by atoms with Crippen LogP contribution in [0.2, 0.25) is 5.02 Å². The van der Waals surface area contributed by atoms with E-state index in [-0.39, 0.29) is 26.3 Å². The maximum atomic E-state index is 14.3. The smallest absolute Gasteiger partial charge is 0.306 e. The number of likely N-dealkylation sites (tertiary alicyclic amines) is 1. The monoisotopic (exact) mass is 576 g/mol. The number of aromatic nitrogens is 3. The predicted octanol–water partition coefficient (Wildman–Crippen LogP) is 4.10. The minimum Gasteiger partial charge on any atom is -0.306 e. The second-order valence-corrected chi connectivity index (χ2v) is 12.5. The summed E-state index contributed by atoms with van der Waals surface area (Å²) in [6, 6.07) is 7.55. The molecule has 0 bridgehead atoms. The molecule has 2 N–H and O–H groups in total. The van der Waals surface area contributed by atoms with Gasteiger partial charge >= 0.3 is 6.03 Å². The van der Waals surface area contributed by atoms with Crippen LogP contribution in [-0.4, -0.2) is 65.4 Å². The number of rotatable bonds is 5. The van der Waals surface area contributed by atoms with Crippen molar-refractivity contribution in [2.24, 2.45) is 0 Å². The molecule has 5 rings (SSSR count). The Kier molecular flexibility index (Phi) is 7.18. The predicted molar refractivity (Wildman–Crippen MR) is 142 cm³/mol. The summed E-state index contributed by atoms with van der Waals surface area (Å²) in [7, 11) is -1.53. The van der Waals surface area contributed by atoms with Gasteiger partial charge in [0, 0.05) is 12.4 Å². The third-order valence-electron chi connectivity index (χ3n) is 6.27. The lowest BCUT2D eigenvalue weighted by Gasteiger charge is -2.28. The second kappa shape index (κ2) is 10.4. The molecule has 0 unspecified atom stereocenters. The average Bonchev–Trinajstić information content (AvgIpc) is 3.53. The van der Waals surface area contributed by atoms with Crippen LogP contribution in [0.5, 0.6) is 0 Å². The molecule has 1 aliphatic heterocycles. The van der Waals surface area contributed by atoms with Gasteiger partial charge in [0.1, 0.15) is 11.5 Å². The van der Waals surface area contributed by atoms with E-state index in [1.54, 1.807) is 18.2 Å². The molecular formula is C24H22ClFN6O4S2. The third kappa shape index (κ3) is 5.27. The van der Waals surface area contributed by atoms with E-state index in [0.29, 0.717) is 23.1 Å². The minimum atomic E-state index is -3.50. The molecule has 1 aliphatic rings. The number of nitrogens with zero attached hydrogens (tertiary/aromatic N) is 4. The van der Waals surface area contributed by atoms with Crippen LogP contribution < -0.4 is 10.6 Å². The molecule has 0 atom stereocenters. The van der Waals surface area contributed by atoms with Crippen molar-refractivity contribution in [2.45, 2.75) is 23.0 Å². The molecule has 0 aliphatic carbocycles. The summed E-state index contributed by atoms with van der Waals surface area (Å²) in [5.74, 6) is -1.54. The first-order valence-corrected chi connectivity index (χ1v) is 14.3. The number of hydrogen-bond acceptors (Lipinski definition) is 8. The van der Waals surface area contributed by atoms with Crippen LogP contribution in [-0.2, 0) is 9.84 Å². The first kappa shape index (κ1) is 26.2. The van der Waals surface area contributed by atoms with Crippen LogP contribution in [0.1, 0.15) is 23.2 Å². The summed E-state index contributed by atoms with van der Waals surface area (Å²) >= 11 is 7.12. The number of hydrogen-bond donors (Lipinski definition) is 2. The van der Waals surface area contributed by atoms with Gasteiger partial charge < -0.3 is 4.90 Å². The molecule has 0 spiro atoms. The highest BCUT2D eigenvalue weighted by Gasteiger charge is 2.30. The number of anilines is 1. The fraction of sp³-hybridized carbons (Fsp3) is 0.250. The zero-order valence-corrected chi connectivity index (χ0v) is 22.4. The maximum absolute atomic E-state index is 14.3. The van der Waals surface area contributed by atoms with Crippen molar-refractivity contribution in [1.82, 2.24) is 25.0 Å².